The van der Waals surface area contributed by atoms with E-state index >= 15 is 0 Å². The number of likely N-dealkylation sites (tertiary alicyclic amines) is 1. The fourth-order valence-electron chi connectivity index (χ4n) is 3.11. The SMILES string of the molecule is O=C(CCn1cccn1)NC1CCCN(Cc2ccc(Cl)cc2)C1. The predicted octanol–water partition coefficient (Wildman–Crippen LogP) is 2.71. The number of aryl methyl sites for hydroxylation is 1. The molecule has 6 heteroatoms. The smallest absolute Gasteiger partial charge is 0.222 e. The molecule has 3 rings (SSSR count). The molecule has 1 atom stereocenters. The average molecular weight is 347 g/mol. The zero-order valence-corrected chi connectivity index (χ0v) is 14.5. The zero-order valence-electron chi connectivity index (χ0n) is 13.7. The Labute approximate surface area is 147 Å². The van der Waals surface area contributed by atoms with Gasteiger partial charge < -0.3 is 5.32 Å². The summed E-state index contributed by atoms with van der Waals surface area (Å²) < 4.78 is 1.79. The molecule has 0 bridgehead atoms. The summed E-state index contributed by atoms with van der Waals surface area (Å²) in [5.41, 5.74) is 1.25. The molecule has 1 aliphatic heterocycles. The van der Waals surface area contributed by atoms with Gasteiger partial charge >= 0.3 is 0 Å². The van der Waals surface area contributed by atoms with Crippen molar-refractivity contribution in [2.45, 2.75) is 38.4 Å². The lowest BCUT2D eigenvalue weighted by Crippen LogP contribution is -2.47. The third-order valence-electron chi connectivity index (χ3n) is 4.32. The fourth-order valence-corrected chi connectivity index (χ4v) is 3.24. The van der Waals surface area contributed by atoms with Gasteiger partial charge in [-0.25, -0.2) is 0 Å². The van der Waals surface area contributed by atoms with Crippen LogP contribution in [0.3, 0.4) is 0 Å². The number of aromatic nitrogens is 2. The maximum atomic E-state index is 12.1. The van der Waals surface area contributed by atoms with Crippen LogP contribution in [0.15, 0.2) is 42.7 Å². The first-order valence-electron chi connectivity index (χ1n) is 8.42. The lowest BCUT2D eigenvalue weighted by Gasteiger charge is -2.33. The highest BCUT2D eigenvalue weighted by Gasteiger charge is 2.21. The van der Waals surface area contributed by atoms with E-state index in [1.165, 1.54) is 5.56 Å². The van der Waals surface area contributed by atoms with E-state index in [2.05, 4.69) is 27.4 Å². The topological polar surface area (TPSA) is 50.2 Å². The minimum atomic E-state index is 0.101. The van der Waals surface area contributed by atoms with Crippen LogP contribution < -0.4 is 5.32 Å². The number of amides is 1. The number of hydrogen-bond acceptors (Lipinski definition) is 3. The first-order valence-corrected chi connectivity index (χ1v) is 8.80. The average Bonchev–Trinajstić information content (AvgIpc) is 3.09. The Morgan fingerprint density at radius 2 is 2.17 bits per heavy atom. The number of carbonyl (C=O) groups is 1. The van der Waals surface area contributed by atoms with Gasteiger partial charge in [-0.15, -0.1) is 0 Å². The van der Waals surface area contributed by atoms with Crippen LogP contribution in [0.2, 0.25) is 5.02 Å². The zero-order chi connectivity index (χ0) is 16.8. The van der Waals surface area contributed by atoms with Crippen LogP contribution in [0.5, 0.6) is 0 Å². The normalized spacial score (nSPS) is 18.5. The summed E-state index contributed by atoms with van der Waals surface area (Å²) in [5, 5.41) is 8.05. The van der Waals surface area contributed by atoms with Crippen molar-refractivity contribution in [1.82, 2.24) is 20.0 Å². The van der Waals surface area contributed by atoms with Gasteiger partial charge in [0.15, 0.2) is 0 Å². The number of halogens is 1. The second-order valence-corrected chi connectivity index (χ2v) is 6.72. The molecule has 2 heterocycles. The molecule has 0 aliphatic carbocycles. The molecule has 2 aromatic rings. The molecule has 1 aromatic carbocycles. The van der Waals surface area contributed by atoms with Gasteiger partial charge in [0.2, 0.25) is 5.91 Å². The maximum absolute atomic E-state index is 12.1. The van der Waals surface area contributed by atoms with Crippen molar-refractivity contribution < 1.29 is 4.79 Å². The molecule has 1 amide bonds. The molecule has 1 aromatic heterocycles. The van der Waals surface area contributed by atoms with Crippen molar-refractivity contribution in [3.8, 4) is 0 Å². The predicted molar refractivity (Wildman–Crippen MR) is 94.7 cm³/mol. The Morgan fingerprint density at radius 3 is 2.92 bits per heavy atom. The van der Waals surface area contributed by atoms with Crippen LogP contribution in [0.25, 0.3) is 0 Å². The highest BCUT2D eigenvalue weighted by molar-refractivity contribution is 6.30. The van der Waals surface area contributed by atoms with Crippen molar-refractivity contribution in [1.29, 1.82) is 0 Å². The van der Waals surface area contributed by atoms with Crippen LogP contribution >= 0.6 is 11.6 Å². The number of hydrogen-bond donors (Lipinski definition) is 1. The molecule has 5 nitrogen and oxygen atoms in total. The van der Waals surface area contributed by atoms with Gasteiger partial charge in [-0.05, 0) is 43.1 Å². The maximum Gasteiger partial charge on any atom is 0.222 e. The van der Waals surface area contributed by atoms with E-state index < -0.39 is 0 Å². The van der Waals surface area contributed by atoms with E-state index in [1.54, 1.807) is 10.9 Å². The van der Waals surface area contributed by atoms with Gasteiger partial charge in [-0.2, -0.15) is 5.10 Å². The number of piperidine rings is 1. The lowest BCUT2D eigenvalue weighted by atomic mass is 10.0. The van der Waals surface area contributed by atoms with Crippen molar-refractivity contribution in [3.63, 3.8) is 0 Å². The number of nitrogens with zero attached hydrogens (tertiary/aromatic N) is 3. The first-order chi connectivity index (χ1) is 11.7. The summed E-state index contributed by atoms with van der Waals surface area (Å²) in [4.78, 5) is 14.5. The molecule has 1 fully saturated rings. The second-order valence-electron chi connectivity index (χ2n) is 6.29. The van der Waals surface area contributed by atoms with E-state index in [0.29, 0.717) is 13.0 Å². The van der Waals surface area contributed by atoms with Gasteiger partial charge in [-0.1, -0.05) is 23.7 Å². The molecule has 24 heavy (non-hydrogen) atoms. The lowest BCUT2D eigenvalue weighted by molar-refractivity contribution is -0.122. The first kappa shape index (κ1) is 17.0. The Bertz CT molecular complexity index is 642. The summed E-state index contributed by atoms with van der Waals surface area (Å²) in [6.45, 7) is 3.50. The minimum Gasteiger partial charge on any atom is -0.352 e. The third kappa shape index (κ3) is 5.08. The number of carbonyl (C=O) groups excluding carboxylic acids is 1. The van der Waals surface area contributed by atoms with E-state index in [9.17, 15) is 4.79 Å². The van der Waals surface area contributed by atoms with Crippen molar-refractivity contribution >= 4 is 17.5 Å². The van der Waals surface area contributed by atoms with E-state index in [-0.39, 0.29) is 11.9 Å². The molecule has 0 saturated carbocycles. The van der Waals surface area contributed by atoms with Crippen molar-refractivity contribution in [3.05, 3.63) is 53.3 Å². The van der Waals surface area contributed by atoms with Gasteiger partial charge in [-0.3, -0.25) is 14.4 Å². The molecule has 128 valence electrons. The van der Waals surface area contributed by atoms with E-state index in [4.69, 9.17) is 11.6 Å². The fraction of sp³-hybridized carbons (Fsp3) is 0.444. The number of benzene rings is 1. The van der Waals surface area contributed by atoms with E-state index in [1.807, 2.05) is 24.4 Å². The highest BCUT2D eigenvalue weighted by Crippen LogP contribution is 2.16. The van der Waals surface area contributed by atoms with Gasteiger partial charge in [0.25, 0.3) is 0 Å². The highest BCUT2D eigenvalue weighted by atomic mass is 35.5. The molecule has 1 aliphatic rings. The van der Waals surface area contributed by atoms with Crippen LogP contribution in [0.4, 0.5) is 0 Å². The summed E-state index contributed by atoms with van der Waals surface area (Å²) in [7, 11) is 0. The number of rotatable bonds is 6. The Balaban J connectivity index is 1.44. The van der Waals surface area contributed by atoms with Crippen LogP contribution in [-0.2, 0) is 17.9 Å². The summed E-state index contributed by atoms with van der Waals surface area (Å²) in [5.74, 6) is 0.101. The van der Waals surface area contributed by atoms with Gasteiger partial charge in [0.1, 0.15) is 0 Å². The molecule has 1 saturated heterocycles. The third-order valence-corrected chi connectivity index (χ3v) is 4.57. The summed E-state index contributed by atoms with van der Waals surface area (Å²) in [6.07, 6.45) is 6.23. The summed E-state index contributed by atoms with van der Waals surface area (Å²) >= 11 is 5.93. The van der Waals surface area contributed by atoms with Crippen molar-refractivity contribution in [2.24, 2.45) is 0 Å². The second kappa shape index (κ2) is 8.31. The largest absolute Gasteiger partial charge is 0.352 e. The van der Waals surface area contributed by atoms with Crippen LogP contribution in [0, 0.1) is 0 Å². The van der Waals surface area contributed by atoms with Crippen molar-refractivity contribution in [2.75, 3.05) is 13.1 Å². The molecule has 0 spiro atoms. The quantitative estimate of drug-likeness (QED) is 0.875. The monoisotopic (exact) mass is 346 g/mol. The molecular weight excluding hydrogens is 324 g/mol. The molecule has 1 unspecified atom stereocenters. The summed E-state index contributed by atoms with van der Waals surface area (Å²) in [6, 6.07) is 10.1. The van der Waals surface area contributed by atoms with Crippen LogP contribution in [0.1, 0.15) is 24.8 Å². The van der Waals surface area contributed by atoms with E-state index in [0.717, 1.165) is 37.5 Å². The molecular formula is C18H23ClN4O. The van der Waals surface area contributed by atoms with Gasteiger partial charge in [0, 0.05) is 49.5 Å². The number of nitrogens with one attached hydrogen (secondary N) is 1. The standard InChI is InChI=1S/C18H23ClN4O/c19-16-6-4-15(5-7-16)13-22-10-1-3-17(14-22)21-18(24)8-12-23-11-2-9-20-23/h2,4-7,9,11,17H,1,3,8,10,12-14H2,(H,21,24). The van der Waals surface area contributed by atoms with Crippen LogP contribution in [-0.4, -0.2) is 39.7 Å². The molecule has 0 radical (unpaired) electrons. The molecule has 1 N–H and O–H groups in total. The minimum absolute atomic E-state index is 0.101. The Kier molecular flexibility index (Phi) is 5.88. The van der Waals surface area contributed by atoms with Gasteiger partial charge in [0.05, 0.1) is 0 Å². The Hall–Kier alpha value is -1.85. The Morgan fingerprint density at radius 1 is 1.33 bits per heavy atom.